The minimum Gasteiger partial charge on any atom is -0.326 e. The highest BCUT2D eigenvalue weighted by molar-refractivity contribution is 5.37. The molecule has 2 rings (SSSR count). The van der Waals surface area contributed by atoms with Crippen LogP contribution in [0.25, 0.3) is 5.82 Å². The molecule has 0 bridgehead atoms. The topological polar surface area (TPSA) is 56.7 Å². The molecule has 0 saturated carbocycles. The van der Waals surface area contributed by atoms with E-state index in [2.05, 4.69) is 9.97 Å². The molecule has 0 radical (unpaired) electrons. The van der Waals surface area contributed by atoms with Crippen molar-refractivity contribution in [2.75, 3.05) is 0 Å². The van der Waals surface area contributed by atoms with Crippen molar-refractivity contribution in [2.24, 2.45) is 5.73 Å². The first-order valence-electron chi connectivity index (χ1n) is 5.77. The highest BCUT2D eigenvalue weighted by atomic mass is 19.4. The fourth-order valence-corrected chi connectivity index (χ4v) is 1.79. The summed E-state index contributed by atoms with van der Waals surface area (Å²) in [6, 6.07) is 2.29. The van der Waals surface area contributed by atoms with Gasteiger partial charge < -0.3 is 5.73 Å². The quantitative estimate of drug-likeness (QED) is 0.931. The number of imidazole rings is 1. The monoisotopic (exact) mass is 270 g/mol. The van der Waals surface area contributed by atoms with Gasteiger partial charge >= 0.3 is 6.18 Å². The van der Waals surface area contributed by atoms with Gasteiger partial charge in [-0.05, 0) is 6.07 Å². The largest absolute Gasteiger partial charge is 0.433 e. The van der Waals surface area contributed by atoms with Crippen LogP contribution in [0, 0.1) is 0 Å². The van der Waals surface area contributed by atoms with E-state index < -0.39 is 11.9 Å². The third-order valence-electron chi connectivity index (χ3n) is 2.73. The SMILES string of the molecule is CCc1nccn1-c1nc(C(F)(F)F)ccc1CN. The number of rotatable bonds is 3. The van der Waals surface area contributed by atoms with Gasteiger partial charge in [-0.25, -0.2) is 9.97 Å². The van der Waals surface area contributed by atoms with Gasteiger partial charge in [0, 0.05) is 30.9 Å². The summed E-state index contributed by atoms with van der Waals surface area (Å²) in [4.78, 5) is 7.76. The Bertz CT molecular complexity index is 575. The lowest BCUT2D eigenvalue weighted by Crippen LogP contribution is -2.14. The summed E-state index contributed by atoms with van der Waals surface area (Å²) in [7, 11) is 0. The van der Waals surface area contributed by atoms with Crippen molar-refractivity contribution < 1.29 is 13.2 Å². The van der Waals surface area contributed by atoms with Gasteiger partial charge in [0.2, 0.25) is 0 Å². The first-order chi connectivity index (χ1) is 8.97. The van der Waals surface area contributed by atoms with Gasteiger partial charge in [-0.15, -0.1) is 0 Å². The number of nitrogens with zero attached hydrogens (tertiary/aromatic N) is 3. The standard InChI is InChI=1S/C12H13F3N4/c1-2-10-17-5-6-19(10)11-8(7-16)3-4-9(18-11)12(13,14)15/h3-6H,2,7,16H2,1H3. The molecule has 19 heavy (non-hydrogen) atoms. The molecule has 0 aliphatic rings. The van der Waals surface area contributed by atoms with Gasteiger partial charge in [0.15, 0.2) is 0 Å². The predicted octanol–water partition coefficient (Wildman–Crippen LogP) is 2.31. The molecule has 2 heterocycles. The number of aryl methyl sites for hydroxylation is 1. The van der Waals surface area contributed by atoms with Crippen molar-refractivity contribution in [3.05, 3.63) is 41.6 Å². The van der Waals surface area contributed by atoms with Crippen LogP contribution in [0.1, 0.15) is 24.0 Å². The highest BCUT2D eigenvalue weighted by Crippen LogP contribution is 2.29. The minimum atomic E-state index is -4.48. The molecule has 0 aliphatic carbocycles. The van der Waals surface area contributed by atoms with E-state index in [0.717, 1.165) is 6.07 Å². The zero-order valence-electron chi connectivity index (χ0n) is 10.3. The van der Waals surface area contributed by atoms with Gasteiger partial charge in [0.25, 0.3) is 0 Å². The van der Waals surface area contributed by atoms with E-state index in [1.165, 1.54) is 16.8 Å². The summed E-state index contributed by atoms with van der Waals surface area (Å²) in [5.74, 6) is 0.827. The maximum absolute atomic E-state index is 12.7. The minimum absolute atomic E-state index is 0.113. The number of pyridine rings is 1. The molecule has 0 aliphatic heterocycles. The van der Waals surface area contributed by atoms with Crippen molar-refractivity contribution >= 4 is 0 Å². The van der Waals surface area contributed by atoms with Crippen molar-refractivity contribution in [2.45, 2.75) is 26.1 Å². The zero-order chi connectivity index (χ0) is 14.0. The highest BCUT2D eigenvalue weighted by Gasteiger charge is 2.33. The van der Waals surface area contributed by atoms with Crippen LogP contribution in [0.3, 0.4) is 0 Å². The lowest BCUT2D eigenvalue weighted by atomic mass is 10.2. The van der Waals surface area contributed by atoms with Crippen LogP contribution in [-0.2, 0) is 19.1 Å². The Labute approximate surface area is 108 Å². The number of halogens is 3. The molecule has 2 N–H and O–H groups in total. The second-order valence-electron chi connectivity index (χ2n) is 3.95. The van der Waals surface area contributed by atoms with E-state index in [0.29, 0.717) is 17.8 Å². The van der Waals surface area contributed by atoms with Crippen LogP contribution in [0.4, 0.5) is 13.2 Å². The zero-order valence-corrected chi connectivity index (χ0v) is 10.3. The molecular formula is C12H13F3N4. The Hall–Kier alpha value is -1.89. The average Bonchev–Trinajstić information content (AvgIpc) is 2.85. The van der Waals surface area contributed by atoms with Gasteiger partial charge in [-0.3, -0.25) is 4.57 Å². The molecule has 0 fully saturated rings. The Kier molecular flexibility index (Phi) is 3.57. The van der Waals surface area contributed by atoms with Crippen molar-refractivity contribution in [1.29, 1.82) is 0 Å². The number of nitrogens with two attached hydrogens (primary N) is 1. The molecule has 2 aromatic heterocycles. The van der Waals surface area contributed by atoms with E-state index in [9.17, 15) is 13.2 Å². The maximum atomic E-state index is 12.7. The van der Waals surface area contributed by atoms with Crippen LogP contribution in [0.5, 0.6) is 0 Å². The summed E-state index contributed by atoms with van der Waals surface area (Å²) in [5, 5.41) is 0. The molecule has 0 atom stereocenters. The number of hydrogen-bond acceptors (Lipinski definition) is 3. The van der Waals surface area contributed by atoms with Crippen LogP contribution >= 0.6 is 0 Å². The first-order valence-corrected chi connectivity index (χ1v) is 5.77. The Morgan fingerprint density at radius 1 is 1.32 bits per heavy atom. The fraction of sp³-hybridized carbons (Fsp3) is 0.333. The van der Waals surface area contributed by atoms with E-state index in [1.807, 2.05) is 6.92 Å². The fourth-order valence-electron chi connectivity index (χ4n) is 1.79. The van der Waals surface area contributed by atoms with E-state index >= 15 is 0 Å². The predicted molar refractivity (Wildman–Crippen MR) is 63.6 cm³/mol. The van der Waals surface area contributed by atoms with Crippen LogP contribution in [0.2, 0.25) is 0 Å². The molecule has 0 unspecified atom stereocenters. The Morgan fingerprint density at radius 3 is 2.63 bits per heavy atom. The van der Waals surface area contributed by atoms with E-state index in [-0.39, 0.29) is 12.4 Å². The van der Waals surface area contributed by atoms with Crippen molar-refractivity contribution in [1.82, 2.24) is 14.5 Å². The smallest absolute Gasteiger partial charge is 0.326 e. The Balaban J connectivity index is 2.60. The van der Waals surface area contributed by atoms with E-state index in [4.69, 9.17) is 5.73 Å². The summed E-state index contributed by atoms with van der Waals surface area (Å²) in [5.41, 5.74) is 5.16. The van der Waals surface area contributed by atoms with Crippen LogP contribution < -0.4 is 5.73 Å². The molecule has 102 valence electrons. The third kappa shape index (κ3) is 2.60. The molecule has 0 saturated heterocycles. The normalized spacial score (nSPS) is 11.8. The number of aromatic nitrogens is 3. The van der Waals surface area contributed by atoms with Crippen LogP contribution in [-0.4, -0.2) is 14.5 Å². The number of alkyl halides is 3. The first kappa shape index (κ1) is 13.5. The van der Waals surface area contributed by atoms with Gasteiger partial charge in [0.1, 0.15) is 17.3 Å². The molecule has 0 spiro atoms. The van der Waals surface area contributed by atoms with Crippen molar-refractivity contribution in [3.8, 4) is 5.82 Å². The lowest BCUT2D eigenvalue weighted by molar-refractivity contribution is -0.141. The second-order valence-corrected chi connectivity index (χ2v) is 3.95. The third-order valence-corrected chi connectivity index (χ3v) is 2.73. The van der Waals surface area contributed by atoms with Gasteiger partial charge in [0.05, 0.1) is 0 Å². The molecule has 2 aromatic rings. The van der Waals surface area contributed by atoms with E-state index in [1.54, 1.807) is 6.20 Å². The summed E-state index contributed by atoms with van der Waals surface area (Å²) >= 11 is 0. The maximum Gasteiger partial charge on any atom is 0.433 e. The lowest BCUT2D eigenvalue weighted by Gasteiger charge is -2.13. The van der Waals surface area contributed by atoms with Gasteiger partial charge in [-0.2, -0.15) is 13.2 Å². The molecule has 0 aromatic carbocycles. The molecule has 7 heteroatoms. The number of hydrogen-bond donors (Lipinski definition) is 1. The molecular weight excluding hydrogens is 257 g/mol. The average molecular weight is 270 g/mol. The van der Waals surface area contributed by atoms with Crippen LogP contribution in [0.15, 0.2) is 24.5 Å². The summed E-state index contributed by atoms with van der Waals surface area (Å²) in [6.45, 7) is 1.98. The summed E-state index contributed by atoms with van der Waals surface area (Å²) in [6.07, 6.45) is -0.772. The molecule has 0 amide bonds. The van der Waals surface area contributed by atoms with Gasteiger partial charge in [-0.1, -0.05) is 13.0 Å². The molecule has 4 nitrogen and oxygen atoms in total. The summed E-state index contributed by atoms with van der Waals surface area (Å²) < 4.78 is 39.7. The Morgan fingerprint density at radius 2 is 2.05 bits per heavy atom. The second kappa shape index (κ2) is 5.00. The van der Waals surface area contributed by atoms with Crippen molar-refractivity contribution in [3.63, 3.8) is 0 Å².